The predicted octanol–water partition coefficient (Wildman–Crippen LogP) is 4.17. The van der Waals surface area contributed by atoms with Gasteiger partial charge in [-0.15, -0.1) is 11.8 Å². The smallest absolute Gasteiger partial charge is 0.165 e. The Morgan fingerprint density at radius 3 is 2.75 bits per heavy atom. The molecule has 2 aromatic rings. The van der Waals surface area contributed by atoms with Crippen LogP contribution >= 0.6 is 11.8 Å². The van der Waals surface area contributed by atoms with E-state index >= 15 is 0 Å². The molecular formula is C15H13FN2OS. The zero-order valence-electron chi connectivity index (χ0n) is 11.1. The van der Waals surface area contributed by atoms with Crippen LogP contribution in [0.3, 0.4) is 0 Å². The maximum Gasteiger partial charge on any atom is 0.165 e. The van der Waals surface area contributed by atoms with E-state index in [2.05, 4.69) is 11.4 Å². The molecule has 0 saturated carbocycles. The quantitative estimate of drug-likeness (QED) is 0.858. The molecule has 0 heterocycles. The lowest BCUT2D eigenvalue weighted by atomic mass is 10.2. The summed E-state index contributed by atoms with van der Waals surface area (Å²) < 4.78 is 18.3. The van der Waals surface area contributed by atoms with Crippen molar-refractivity contribution in [3.8, 4) is 11.8 Å². The Kier molecular flexibility index (Phi) is 4.49. The maximum atomic E-state index is 13.4. The molecule has 0 aromatic heterocycles. The van der Waals surface area contributed by atoms with Gasteiger partial charge in [-0.2, -0.15) is 5.26 Å². The van der Waals surface area contributed by atoms with Crippen molar-refractivity contribution in [2.45, 2.75) is 4.90 Å². The van der Waals surface area contributed by atoms with Gasteiger partial charge in [0.2, 0.25) is 0 Å². The number of anilines is 2. The first kappa shape index (κ1) is 14.2. The standard InChI is InChI=1S/C15H13FN2OS/c1-19-14-8-10(6-7-12(14)16)18-13-4-3-5-15(20-2)11(13)9-17/h3-8,18H,1-2H3. The number of thioether (sulfide) groups is 1. The summed E-state index contributed by atoms with van der Waals surface area (Å²) in [6.45, 7) is 0. The molecule has 1 N–H and O–H groups in total. The van der Waals surface area contributed by atoms with Crippen LogP contribution in [0.15, 0.2) is 41.3 Å². The van der Waals surface area contributed by atoms with Gasteiger partial charge >= 0.3 is 0 Å². The van der Waals surface area contributed by atoms with E-state index in [0.717, 1.165) is 4.90 Å². The third-order valence-corrected chi connectivity index (χ3v) is 3.57. The van der Waals surface area contributed by atoms with Gasteiger partial charge in [-0.1, -0.05) is 6.07 Å². The fourth-order valence-corrected chi connectivity index (χ4v) is 2.39. The van der Waals surface area contributed by atoms with E-state index in [4.69, 9.17) is 4.74 Å². The second-order valence-corrected chi connectivity index (χ2v) is 4.82. The van der Waals surface area contributed by atoms with Crippen LogP contribution in [0.2, 0.25) is 0 Å². The maximum absolute atomic E-state index is 13.4. The molecule has 0 spiro atoms. The van der Waals surface area contributed by atoms with Crippen molar-refractivity contribution < 1.29 is 9.13 Å². The number of rotatable bonds is 4. The molecule has 0 aliphatic carbocycles. The highest BCUT2D eigenvalue weighted by Gasteiger charge is 2.09. The summed E-state index contributed by atoms with van der Waals surface area (Å²) in [5, 5.41) is 12.4. The van der Waals surface area contributed by atoms with E-state index in [1.165, 1.54) is 24.9 Å². The Hall–Kier alpha value is -2.19. The second-order valence-electron chi connectivity index (χ2n) is 3.97. The number of methoxy groups -OCH3 is 1. The van der Waals surface area contributed by atoms with Crippen molar-refractivity contribution in [2.24, 2.45) is 0 Å². The summed E-state index contributed by atoms with van der Waals surface area (Å²) in [4.78, 5) is 0.895. The minimum atomic E-state index is -0.420. The molecule has 0 aliphatic rings. The van der Waals surface area contributed by atoms with E-state index < -0.39 is 5.82 Å². The lowest BCUT2D eigenvalue weighted by Gasteiger charge is -2.11. The molecule has 2 aromatic carbocycles. The topological polar surface area (TPSA) is 45.0 Å². The number of hydrogen-bond donors (Lipinski definition) is 1. The third-order valence-electron chi connectivity index (χ3n) is 2.79. The molecule has 0 amide bonds. The molecule has 0 saturated heterocycles. The Balaban J connectivity index is 2.38. The molecule has 0 aliphatic heterocycles. The van der Waals surface area contributed by atoms with Crippen LogP contribution in [0.1, 0.15) is 5.56 Å². The Bertz CT molecular complexity index is 667. The van der Waals surface area contributed by atoms with E-state index in [-0.39, 0.29) is 5.75 Å². The van der Waals surface area contributed by atoms with E-state index in [1.54, 1.807) is 12.1 Å². The zero-order chi connectivity index (χ0) is 14.5. The SMILES string of the molecule is COc1cc(Nc2cccc(SC)c2C#N)ccc1F. The van der Waals surface area contributed by atoms with Crippen LogP contribution in [-0.4, -0.2) is 13.4 Å². The molecule has 102 valence electrons. The number of benzene rings is 2. The first-order valence-electron chi connectivity index (χ1n) is 5.87. The third kappa shape index (κ3) is 2.86. The van der Waals surface area contributed by atoms with Gasteiger partial charge in [0.15, 0.2) is 11.6 Å². The Morgan fingerprint density at radius 1 is 1.30 bits per heavy atom. The first-order valence-corrected chi connectivity index (χ1v) is 7.09. The molecule has 0 unspecified atom stereocenters. The molecule has 20 heavy (non-hydrogen) atoms. The van der Waals surface area contributed by atoms with E-state index in [1.807, 2.05) is 24.5 Å². The van der Waals surface area contributed by atoms with E-state index in [9.17, 15) is 9.65 Å². The summed E-state index contributed by atoms with van der Waals surface area (Å²) in [6, 6.07) is 12.2. The van der Waals surface area contributed by atoms with Crippen molar-refractivity contribution in [1.82, 2.24) is 0 Å². The van der Waals surface area contributed by atoms with Gasteiger partial charge in [-0.25, -0.2) is 4.39 Å². The largest absolute Gasteiger partial charge is 0.494 e. The van der Waals surface area contributed by atoms with Crippen molar-refractivity contribution in [3.63, 3.8) is 0 Å². The summed E-state index contributed by atoms with van der Waals surface area (Å²) in [5.74, 6) is -0.258. The van der Waals surface area contributed by atoms with Crippen molar-refractivity contribution in [1.29, 1.82) is 5.26 Å². The Morgan fingerprint density at radius 2 is 2.10 bits per heavy atom. The molecule has 2 rings (SSSR count). The number of halogens is 1. The molecule has 0 atom stereocenters. The van der Waals surface area contributed by atoms with Gasteiger partial charge in [0.1, 0.15) is 6.07 Å². The van der Waals surface area contributed by atoms with Crippen LogP contribution in [0.4, 0.5) is 15.8 Å². The van der Waals surface area contributed by atoms with Crippen LogP contribution < -0.4 is 10.1 Å². The number of nitrogens with one attached hydrogen (secondary N) is 1. The zero-order valence-corrected chi connectivity index (χ0v) is 11.9. The molecule has 5 heteroatoms. The highest BCUT2D eigenvalue weighted by Crippen LogP contribution is 2.30. The van der Waals surface area contributed by atoms with Gasteiger partial charge in [0.25, 0.3) is 0 Å². The number of nitriles is 1. The fourth-order valence-electron chi connectivity index (χ4n) is 1.81. The summed E-state index contributed by atoms with van der Waals surface area (Å²) >= 11 is 1.51. The molecule has 0 radical (unpaired) electrons. The predicted molar refractivity (Wildman–Crippen MR) is 79.2 cm³/mol. The lowest BCUT2D eigenvalue weighted by Crippen LogP contribution is -1.96. The highest BCUT2D eigenvalue weighted by molar-refractivity contribution is 7.98. The average molecular weight is 288 g/mol. The van der Waals surface area contributed by atoms with Crippen molar-refractivity contribution >= 4 is 23.1 Å². The Labute approximate surface area is 121 Å². The monoisotopic (exact) mass is 288 g/mol. The highest BCUT2D eigenvalue weighted by atomic mass is 32.2. The number of hydrogen-bond acceptors (Lipinski definition) is 4. The first-order chi connectivity index (χ1) is 9.69. The van der Waals surface area contributed by atoms with Gasteiger partial charge in [-0.05, 0) is 30.5 Å². The van der Waals surface area contributed by atoms with Gasteiger partial charge < -0.3 is 10.1 Å². The van der Waals surface area contributed by atoms with Gasteiger partial charge in [0, 0.05) is 16.6 Å². The molecular weight excluding hydrogens is 275 g/mol. The van der Waals surface area contributed by atoms with Crippen LogP contribution in [0.5, 0.6) is 5.75 Å². The summed E-state index contributed by atoms with van der Waals surface area (Å²) in [7, 11) is 1.41. The lowest BCUT2D eigenvalue weighted by molar-refractivity contribution is 0.387. The van der Waals surface area contributed by atoms with Crippen LogP contribution in [0.25, 0.3) is 0 Å². The molecule has 0 bridgehead atoms. The van der Waals surface area contributed by atoms with Crippen LogP contribution in [0, 0.1) is 17.1 Å². The van der Waals surface area contributed by atoms with Gasteiger partial charge in [-0.3, -0.25) is 0 Å². The van der Waals surface area contributed by atoms with Crippen molar-refractivity contribution in [3.05, 3.63) is 47.8 Å². The van der Waals surface area contributed by atoms with E-state index in [0.29, 0.717) is 16.9 Å². The normalized spacial score (nSPS) is 9.90. The second kappa shape index (κ2) is 6.31. The molecule has 3 nitrogen and oxygen atoms in total. The fraction of sp³-hybridized carbons (Fsp3) is 0.133. The minimum Gasteiger partial charge on any atom is -0.494 e. The van der Waals surface area contributed by atoms with Crippen molar-refractivity contribution in [2.75, 3.05) is 18.7 Å². The summed E-state index contributed by atoms with van der Waals surface area (Å²) in [6.07, 6.45) is 1.92. The number of nitrogens with zero attached hydrogens (tertiary/aromatic N) is 1. The minimum absolute atomic E-state index is 0.162. The van der Waals surface area contributed by atoms with Gasteiger partial charge in [0.05, 0.1) is 18.4 Å². The average Bonchev–Trinajstić information content (AvgIpc) is 2.48. The van der Waals surface area contributed by atoms with Crippen LogP contribution in [-0.2, 0) is 0 Å². The number of ether oxygens (including phenoxy) is 1. The summed E-state index contributed by atoms with van der Waals surface area (Å²) in [5.41, 5.74) is 1.93. The molecule has 0 fully saturated rings.